The highest BCUT2D eigenvalue weighted by Crippen LogP contribution is 2.57. The molecule has 0 saturated carbocycles. The van der Waals surface area contributed by atoms with Crippen LogP contribution in [0.2, 0.25) is 0 Å². The molecule has 0 saturated heterocycles. The summed E-state index contributed by atoms with van der Waals surface area (Å²) in [5.74, 6) is -1.32. The average Bonchev–Trinajstić information content (AvgIpc) is 2.67. The smallest absolute Gasteiger partial charge is 0.444 e. The Morgan fingerprint density at radius 3 is 2.13 bits per heavy atom. The molecule has 7 nitrogen and oxygen atoms in total. The summed E-state index contributed by atoms with van der Waals surface area (Å²) < 4.78 is 57.1. The molecule has 0 N–H and O–H groups in total. The molecule has 0 spiro atoms. The number of carbonyl (C=O) groups excluding carboxylic acids is 1. The van der Waals surface area contributed by atoms with Crippen LogP contribution in [0.4, 0.5) is 18.9 Å². The maximum Gasteiger partial charge on any atom is 0.444 e. The maximum absolute atomic E-state index is 14.1. The van der Waals surface area contributed by atoms with Gasteiger partial charge in [-0.3, -0.25) is 10.1 Å². The first kappa shape index (κ1) is 21.2. The molecule has 0 aliphatic carbocycles. The monoisotopic (exact) mass is 423 g/mol. The molecular formula is C20H16F3NO6. The van der Waals surface area contributed by atoms with Crippen molar-refractivity contribution in [1.82, 2.24) is 0 Å². The second-order valence-electron chi connectivity index (χ2n) is 6.24. The molecule has 10 heteroatoms. The van der Waals surface area contributed by atoms with E-state index in [-0.39, 0.29) is 29.2 Å². The lowest BCUT2D eigenvalue weighted by atomic mass is 9.80. The zero-order valence-corrected chi connectivity index (χ0v) is 15.9. The molecule has 0 aromatic heterocycles. The van der Waals surface area contributed by atoms with Gasteiger partial charge in [0.25, 0.3) is 5.69 Å². The number of non-ortho nitro benzene ring substituents is 1. The minimum Gasteiger partial charge on any atom is -0.497 e. The molecule has 0 bridgehead atoms. The van der Waals surface area contributed by atoms with Crippen molar-refractivity contribution in [3.63, 3.8) is 0 Å². The molecule has 30 heavy (non-hydrogen) atoms. The van der Waals surface area contributed by atoms with E-state index < -0.39 is 28.2 Å². The molecular weight excluding hydrogens is 407 g/mol. The molecule has 1 heterocycles. The van der Waals surface area contributed by atoms with Crippen LogP contribution in [0, 0.1) is 10.1 Å². The van der Waals surface area contributed by atoms with Crippen LogP contribution < -0.4 is 4.74 Å². The van der Waals surface area contributed by atoms with Crippen LogP contribution in [0.25, 0.3) is 11.3 Å². The predicted molar refractivity (Wildman–Crippen MR) is 99.4 cm³/mol. The van der Waals surface area contributed by atoms with E-state index in [1.54, 1.807) is 0 Å². The summed E-state index contributed by atoms with van der Waals surface area (Å²) in [6, 6.07) is 10.4. The number of nitrogens with zero attached hydrogens (tertiary/aromatic N) is 1. The number of alkyl halides is 3. The fourth-order valence-electron chi connectivity index (χ4n) is 3.09. The molecule has 0 unspecified atom stereocenters. The Bertz CT molecular complexity index is 999. The lowest BCUT2D eigenvalue weighted by Crippen LogP contribution is -2.60. The van der Waals surface area contributed by atoms with E-state index in [4.69, 9.17) is 9.47 Å². The fourth-order valence-corrected chi connectivity index (χ4v) is 3.09. The second kappa shape index (κ2) is 7.69. The van der Waals surface area contributed by atoms with Crippen LogP contribution in [0.3, 0.4) is 0 Å². The Kier molecular flexibility index (Phi) is 5.43. The van der Waals surface area contributed by atoms with Gasteiger partial charge in [0, 0.05) is 17.7 Å². The molecule has 2 aromatic carbocycles. The third-order valence-electron chi connectivity index (χ3n) is 4.52. The van der Waals surface area contributed by atoms with Crippen LogP contribution in [0.1, 0.15) is 18.1 Å². The van der Waals surface area contributed by atoms with Crippen molar-refractivity contribution in [2.45, 2.75) is 18.7 Å². The first-order valence-electron chi connectivity index (χ1n) is 8.72. The Labute approximate surface area is 168 Å². The summed E-state index contributed by atoms with van der Waals surface area (Å²) in [6.07, 6.45) is -5.13. The molecule has 1 aliphatic rings. The van der Waals surface area contributed by atoms with Gasteiger partial charge in [-0.05, 0) is 48.9 Å². The van der Waals surface area contributed by atoms with Crippen molar-refractivity contribution in [2.75, 3.05) is 13.7 Å². The van der Waals surface area contributed by atoms with E-state index in [0.29, 0.717) is 5.75 Å². The minimum atomic E-state index is -5.13. The van der Waals surface area contributed by atoms with Gasteiger partial charge in [0.2, 0.25) is 0 Å². The van der Waals surface area contributed by atoms with Crippen LogP contribution in [0.15, 0.2) is 48.5 Å². The topological polar surface area (TPSA) is 87.9 Å². The van der Waals surface area contributed by atoms with Crippen molar-refractivity contribution < 1.29 is 37.1 Å². The average molecular weight is 423 g/mol. The number of ether oxygens (including phenoxy) is 3. The highest BCUT2D eigenvalue weighted by Gasteiger charge is 2.73. The molecule has 0 radical (unpaired) electrons. The predicted octanol–water partition coefficient (Wildman–Crippen LogP) is 4.37. The second-order valence-corrected chi connectivity index (χ2v) is 6.24. The van der Waals surface area contributed by atoms with Gasteiger partial charge >= 0.3 is 17.7 Å². The molecule has 0 fully saturated rings. The first-order chi connectivity index (χ1) is 14.2. The Morgan fingerprint density at radius 1 is 1.10 bits per heavy atom. The largest absolute Gasteiger partial charge is 0.497 e. The van der Waals surface area contributed by atoms with Crippen LogP contribution in [-0.2, 0) is 14.3 Å². The normalized spacial score (nSPS) is 18.3. The zero-order valence-electron chi connectivity index (χ0n) is 15.9. The quantitative estimate of drug-likeness (QED) is 0.390. The number of hydrogen-bond donors (Lipinski definition) is 0. The van der Waals surface area contributed by atoms with Crippen molar-refractivity contribution in [1.29, 1.82) is 0 Å². The summed E-state index contributed by atoms with van der Waals surface area (Å²) in [5.41, 5.74) is -3.90. The highest BCUT2D eigenvalue weighted by molar-refractivity contribution is 6.10. The molecule has 1 atom stereocenters. The van der Waals surface area contributed by atoms with E-state index in [0.717, 1.165) is 24.3 Å². The van der Waals surface area contributed by atoms with Gasteiger partial charge in [0.15, 0.2) is 0 Å². The number of halogens is 3. The number of rotatable bonds is 6. The summed E-state index contributed by atoms with van der Waals surface area (Å²) in [6.45, 7) is 1.09. The van der Waals surface area contributed by atoms with E-state index in [1.807, 2.05) is 0 Å². The number of esters is 1. The Hall–Kier alpha value is -3.56. The number of benzene rings is 2. The molecule has 1 aliphatic heterocycles. The highest BCUT2D eigenvalue weighted by atomic mass is 19.4. The Balaban J connectivity index is 2.22. The molecule has 3 rings (SSSR count). The van der Waals surface area contributed by atoms with Crippen molar-refractivity contribution in [3.05, 3.63) is 69.8 Å². The van der Waals surface area contributed by atoms with Gasteiger partial charge in [-0.25, -0.2) is 4.79 Å². The third-order valence-corrected chi connectivity index (χ3v) is 4.52. The summed E-state index contributed by atoms with van der Waals surface area (Å²) >= 11 is 0. The third kappa shape index (κ3) is 3.34. The van der Waals surface area contributed by atoms with Gasteiger partial charge in [0.05, 0.1) is 24.2 Å². The van der Waals surface area contributed by atoms with Crippen LogP contribution in [0.5, 0.6) is 5.75 Å². The number of hydrogen-bond acceptors (Lipinski definition) is 6. The van der Waals surface area contributed by atoms with Gasteiger partial charge in [-0.2, -0.15) is 13.2 Å². The van der Waals surface area contributed by atoms with E-state index in [9.17, 15) is 28.1 Å². The zero-order chi connectivity index (χ0) is 22.1. The molecule has 0 amide bonds. The van der Waals surface area contributed by atoms with E-state index >= 15 is 0 Å². The maximum atomic E-state index is 14.1. The lowest BCUT2D eigenvalue weighted by molar-refractivity contribution is -0.384. The number of nitro groups is 1. The van der Waals surface area contributed by atoms with Gasteiger partial charge in [0.1, 0.15) is 11.5 Å². The van der Waals surface area contributed by atoms with Crippen molar-refractivity contribution in [3.8, 4) is 5.75 Å². The SMILES string of the molecule is CCOC(=O)[C@]1(C(F)(F)F)OC(c2ccc(OC)cc2)=C1c1ccc([N+](=O)[O-])cc1. The number of nitro benzene ring substituents is 1. The molecule has 158 valence electrons. The van der Waals surface area contributed by atoms with Crippen molar-refractivity contribution in [2.24, 2.45) is 0 Å². The van der Waals surface area contributed by atoms with Gasteiger partial charge < -0.3 is 14.2 Å². The summed E-state index contributed by atoms with van der Waals surface area (Å²) in [4.78, 5) is 22.6. The van der Waals surface area contributed by atoms with Gasteiger partial charge in [-0.15, -0.1) is 0 Å². The summed E-state index contributed by atoms with van der Waals surface area (Å²) in [5, 5.41) is 10.9. The van der Waals surface area contributed by atoms with Crippen molar-refractivity contribution >= 4 is 23.0 Å². The minimum absolute atomic E-state index is 0.0527. The van der Waals surface area contributed by atoms with E-state index in [1.165, 1.54) is 38.3 Å². The number of methoxy groups -OCH3 is 1. The standard InChI is InChI=1S/C20H16F3NO6/c1-3-29-18(25)19(20(21,22)23)16(12-4-8-14(9-5-12)24(26)27)17(30-19)13-6-10-15(28-2)11-7-13/h4-11H,3H2,1-2H3/t19-/m1/s1. The first-order valence-corrected chi connectivity index (χ1v) is 8.72. The van der Waals surface area contributed by atoms with E-state index in [2.05, 4.69) is 4.74 Å². The van der Waals surface area contributed by atoms with Crippen LogP contribution >= 0.6 is 0 Å². The van der Waals surface area contributed by atoms with Crippen LogP contribution in [-0.4, -0.2) is 36.4 Å². The fraction of sp³-hybridized carbons (Fsp3) is 0.250. The molecule has 2 aromatic rings. The number of carbonyl (C=O) groups is 1. The lowest BCUT2D eigenvalue weighted by Gasteiger charge is -2.44. The van der Waals surface area contributed by atoms with Gasteiger partial charge in [-0.1, -0.05) is 0 Å². The Morgan fingerprint density at radius 2 is 1.67 bits per heavy atom. The summed E-state index contributed by atoms with van der Waals surface area (Å²) in [7, 11) is 1.44.